The Bertz CT molecular complexity index is 617. The molecule has 2 atom stereocenters. The quantitative estimate of drug-likeness (QED) is 0.840. The van der Waals surface area contributed by atoms with Gasteiger partial charge in [0.1, 0.15) is 0 Å². The summed E-state index contributed by atoms with van der Waals surface area (Å²) in [5.41, 5.74) is 3.39. The molecule has 0 saturated carbocycles. The first-order chi connectivity index (χ1) is 11.5. The van der Waals surface area contributed by atoms with Crippen LogP contribution < -0.4 is 4.90 Å². The zero-order valence-corrected chi connectivity index (χ0v) is 15.4. The van der Waals surface area contributed by atoms with Crippen LogP contribution in [0, 0.1) is 5.92 Å². The molecule has 1 fully saturated rings. The first kappa shape index (κ1) is 17.6. The van der Waals surface area contributed by atoms with Gasteiger partial charge in [0.15, 0.2) is 0 Å². The normalized spacial score (nSPS) is 24.5. The summed E-state index contributed by atoms with van der Waals surface area (Å²) < 4.78 is 7.79. The third kappa shape index (κ3) is 3.41. The highest BCUT2D eigenvalue weighted by Crippen LogP contribution is 2.45. The number of carbonyl (C=O) groups is 1. The molecule has 1 N–H and O–H groups in total. The van der Waals surface area contributed by atoms with Crippen LogP contribution in [0.15, 0.2) is 17.0 Å². The standard InChI is InChI=1S/C18H26N2O3S/c1-12-4-5-14-15(19(3)18(21)22)6-7-16(17(14)13(12)2)24-20-8-10-23-11-9-20/h6-7,12-13H,4-5,8-11H2,1-3H3,(H,21,22). The molecule has 0 radical (unpaired) electrons. The summed E-state index contributed by atoms with van der Waals surface area (Å²) in [6, 6.07) is 4.07. The average molecular weight is 350 g/mol. The van der Waals surface area contributed by atoms with E-state index in [4.69, 9.17) is 4.74 Å². The van der Waals surface area contributed by atoms with Gasteiger partial charge in [-0.05, 0) is 59.9 Å². The van der Waals surface area contributed by atoms with Crippen molar-refractivity contribution in [3.05, 3.63) is 23.3 Å². The van der Waals surface area contributed by atoms with Crippen molar-refractivity contribution in [3.8, 4) is 0 Å². The second-order valence-corrected chi connectivity index (χ2v) is 7.89. The second kappa shape index (κ2) is 7.33. The van der Waals surface area contributed by atoms with Crippen molar-refractivity contribution in [1.82, 2.24) is 4.31 Å². The van der Waals surface area contributed by atoms with E-state index in [-0.39, 0.29) is 0 Å². The number of morpholine rings is 1. The molecular formula is C18H26N2O3S. The molecule has 0 aromatic heterocycles. The van der Waals surface area contributed by atoms with Crippen molar-refractivity contribution >= 4 is 23.7 Å². The number of hydrogen-bond donors (Lipinski definition) is 1. The Morgan fingerprint density at radius 1 is 1.33 bits per heavy atom. The Morgan fingerprint density at radius 2 is 2.04 bits per heavy atom. The Kier molecular flexibility index (Phi) is 5.37. The van der Waals surface area contributed by atoms with Crippen LogP contribution in [0.4, 0.5) is 10.5 Å². The van der Waals surface area contributed by atoms with Crippen LogP contribution in [-0.4, -0.2) is 48.9 Å². The number of ether oxygens (including phenoxy) is 1. The minimum atomic E-state index is -0.906. The number of hydrogen-bond acceptors (Lipinski definition) is 4. The minimum Gasteiger partial charge on any atom is -0.465 e. The van der Waals surface area contributed by atoms with E-state index in [0.717, 1.165) is 44.8 Å². The molecule has 2 aliphatic rings. The molecule has 1 aliphatic heterocycles. The van der Waals surface area contributed by atoms with Crippen LogP contribution >= 0.6 is 11.9 Å². The molecule has 6 heteroatoms. The maximum absolute atomic E-state index is 11.4. The van der Waals surface area contributed by atoms with Crippen molar-refractivity contribution < 1.29 is 14.6 Å². The smallest absolute Gasteiger partial charge is 0.411 e. The summed E-state index contributed by atoms with van der Waals surface area (Å²) in [5, 5.41) is 9.38. The van der Waals surface area contributed by atoms with E-state index in [1.54, 1.807) is 19.0 Å². The lowest BCUT2D eigenvalue weighted by Gasteiger charge is -2.35. The van der Waals surface area contributed by atoms with Gasteiger partial charge in [0.25, 0.3) is 0 Å². The van der Waals surface area contributed by atoms with E-state index >= 15 is 0 Å². The van der Waals surface area contributed by atoms with Crippen LogP contribution in [0.2, 0.25) is 0 Å². The lowest BCUT2D eigenvalue weighted by molar-refractivity contribution is 0.0773. The average Bonchev–Trinajstić information content (AvgIpc) is 2.58. The van der Waals surface area contributed by atoms with Gasteiger partial charge in [-0.3, -0.25) is 4.90 Å². The molecule has 0 spiro atoms. The number of carboxylic acid groups (broad SMARTS) is 1. The number of rotatable bonds is 3. The third-order valence-electron chi connectivity index (χ3n) is 5.30. The zero-order valence-electron chi connectivity index (χ0n) is 14.6. The summed E-state index contributed by atoms with van der Waals surface area (Å²) in [4.78, 5) is 14.1. The lowest BCUT2D eigenvalue weighted by Crippen LogP contribution is -2.31. The van der Waals surface area contributed by atoms with E-state index in [1.165, 1.54) is 20.9 Å². The second-order valence-electron chi connectivity index (χ2n) is 6.75. The van der Waals surface area contributed by atoms with Gasteiger partial charge in [0.05, 0.1) is 18.9 Å². The van der Waals surface area contributed by atoms with E-state index in [0.29, 0.717) is 11.8 Å². The molecule has 0 bridgehead atoms. The van der Waals surface area contributed by atoms with E-state index in [2.05, 4.69) is 24.2 Å². The molecule has 1 aliphatic carbocycles. The highest BCUT2D eigenvalue weighted by atomic mass is 32.2. The highest BCUT2D eigenvalue weighted by molar-refractivity contribution is 7.97. The van der Waals surface area contributed by atoms with Gasteiger partial charge in [0, 0.05) is 25.0 Å². The van der Waals surface area contributed by atoms with Crippen LogP contribution in [-0.2, 0) is 11.2 Å². The highest BCUT2D eigenvalue weighted by Gasteiger charge is 2.30. The molecule has 5 nitrogen and oxygen atoms in total. The number of fused-ring (bicyclic) bond motifs is 1. The summed E-state index contributed by atoms with van der Waals surface area (Å²) >= 11 is 1.80. The SMILES string of the molecule is CC1CCc2c(N(C)C(=O)O)ccc(SN3CCOCC3)c2C1C. The number of nitrogens with zero attached hydrogens (tertiary/aromatic N) is 2. The van der Waals surface area contributed by atoms with Gasteiger partial charge in [0.2, 0.25) is 0 Å². The minimum absolute atomic E-state index is 0.444. The van der Waals surface area contributed by atoms with Crippen molar-refractivity contribution in [2.24, 2.45) is 5.92 Å². The van der Waals surface area contributed by atoms with Gasteiger partial charge >= 0.3 is 6.09 Å². The fourth-order valence-electron chi connectivity index (χ4n) is 3.57. The molecule has 1 aromatic carbocycles. The zero-order chi connectivity index (χ0) is 17.3. The third-order valence-corrected chi connectivity index (χ3v) is 6.47. The number of anilines is 1. The van der Waals surface area contributed by atoms with Gasteiger partial charge in [-0.15, -0.1) is 0 Å². The largest absolute Gasteiger partial charge is 0.465 e. The lowest BCUT2D eigenvalue weighted by atomic mass is 9.76. The van der Waals surface area contributed by atoms with Gasteiger partial charge in [-0.25, -0.2) is 9.10 Å². The Balaban J connectivity index is 1.99. The molecule has 1 amide bonds. The van der Waals surface area contributed by atoms with E-state index < -0.39 is 6.09 Å². The molecule has 2 unspecified atom stereocenters. The molecule has 1 aromatic rings. The fraction of sp³-hybridized carbons (Fsp3) is 0.611. The van der Waals surface area contributed by atoms with Crippen molar-refractivity contribution in [2.75, 3.05) is 38.3 Å². The van der Waals surface area contributed by atoms with Crippen molar-refractivity contribution in [1.29, 1.82) is 0 Å². The predicted octanol–water partition coefficient (Wildman–Crippen LogP) is 3.83. The predicted molar refractivity (Wildman–Crippen MR) is 97.0 cm³/mol. The summed E-state index contributed by atoms with van der Waals surface area (Å²) in [6.45, 7) is 7.99. The van der Waals surface area contributed by atoms with E-state index in [1.807, 2.05) is 6.07 Å². The summed E-state index contributed by atoms with van der Waals surface area (Å²) in [6.07, 6.45) is 1.16. The molecule has 3 rings (SSSR count). The monoisotopic (exact) mass is 350 g/mol. The topological polar surface area (TPSA) is 53.0 Å². The Labute approximate surface area is 148 Å². The first-order valence-electron chi connectivity index (χ1n) is 8.62. The first-order valence-corrected chi connectivity index (χ1v) is 9.39. The molecule has 1 heterocycles. The molecular weight excluding hydrogens is 324 g/mol. The van der Waals surface area contributed by atoms with Crippen LogP contribution in [0.3, 0.4) is 0 Å². The molecule has 1 saturated heterocycles. The maximum atomic E-state index is 11.4. The van der Waals surface area contributed by atoms with Crippen LogP contribution in [0.1, 0.15) is 37.3 Å². The Hall–Kier alpha value is -1.24. The number of amides is 1. The van der Waals surface area contributed by atoms with Gasteiger partial charge in [-0.1, -0.05) is 13.8 Å². The van der Waals surface area contributed by atoms with Crippen molar-refractivity contribution in [3.63, 3.8) is 0 Å². The molecule has 132 valence electrons. The van der Waals surface area contributed by atoms with Crippen LogP contribution in [0.5, 0.6) is 0 Å². The summed E-state index contributed by atoms with van der Waals surface area (Å²) in [5.74, 6) is 1.06. The van der Waals surface area contributed by atoms with Gasteiger partial charge < -0.3 is 9.84 Å². The Morgan fingerprint density at radius 3 is 2.71 bits per heavy atom. The fourth-order valence-corrected chi connectivity index (χ4v) is 4.72. The summed E-state index contributed by atoms with van der Waals surface area (Å²) in [7, 11) is 1.63. The van der Waals surface area contributed by atoms with Crippen molar-refractivity contribution in [2.45, 2.75) is 37.5 Å². The molecule has 24 heavy (non-hydrogen) atoms. The van der Waals surface area contributed by atoms with Gasteiger partial charge in [-0.2, -0.15) is 0 Å². The number of benzene rings is 1. The van der Waals surface area contributed by atoms with Crippen LogP contribution in [0.25, 0.3) is 0 Å². The van der Waals surface area contributed by atoms with E-state index in [9.17, 15) is 9.90 Å². The maximum Gasteiger partial charge on any atom is 0.411 e.